The second kappa shape index (κ2) is 8.91. The summed E-state index contributed by atoms with van der Waals surface area (Å²) in [6.07, 6.45) is 0. The number of ether oxygens (including phenoxy) is 1. The van der Waals surface area contributed by atoms with Gasteiger partial charge in [-0.3, -0.25) is 9.36 Å². The minimum atomic E-state index is -0.148. The SMILES string of the molecule is O=c1c2ccccc2nc(SCCOc2ccc(Cl)cc2)n1-c1ccccc1Cl. The normalized spacial score (nSPS) is 11.0. The molecular weight excluding hydrogens is 427 g/mol. The highest BCUT2D eigenvalue weighted by Gasteiger charge is 2.15. The van der Waals surface area contributed by atoms with Crippen molar-refractivity contribution in [3.05, 3.63) is 93.2 Å². The Bertz CT molecular complexity index is 1210. The van der Waals surface area contributed by atoms with Gasteiger partial charge in [0.15, 0.2) is 5.16 Å². The van der Waals surface area contributed by atoms with Crippen molar-refractivity contribution in [3.63, 3.8) is 0 Å². The fourth-order valence-corrected chi connectivity index (χ4v) is 4.05. The van der Waals surface area contributed by atoms with Crippen molar-refractivity contribution in [1.82, 2.24) is 9.55 Å². The summed E-state index contributed by atoms with van der Waals surface area (Å²) in [4.78, 5) is 17.9. The van der Waals surface area contributed by atoms with Gasteiger partial charge in [-0.1, -0.05) is 59.2 Å². The van der Waals surface area contributed by atoms with Crippen LogP contribution in [-0.4, -0.2) is 21.9 Å². The number of halogens is 2. The Morgan fingerprint density at radius 1 is 0.931 bits per heavy atom. The van der Waals surface area contributed by atoms with Gasteiger partial charge in [0, 0.05) is 10.8 Å². The summed E-state index contributed by atoms with van der Waals surface area (Å²) in [5, 5.41) is 2.28. The molecule has 4 nitrogen and oxygen atoms in total. The molecule has 0 aliphatic rings. The molecule has 0 N–H and O–H groups in total. The fraction of sp³-hybridized carbons (Fsp3) is 0.0909. The molecule has 0 radical (unpaired) electrons. The molecule has 4 rings (SSSR count). The van der Waals surface area contributed by atoms with Crippen molar-refractivity contribution in [1.29, 1.82) is 0 Å². The lowest BCUT2D eigenvalue weighted by atomic mass is 10.2. The van der Waals surface area contributed by atoms with Crippen LogP contribution in [0.25, 0.3) is 16.6 Å². The number of fused-ring (bicyclic) bond motifs is 1. The maximum Gasteiger partial charge on any atom is 0.266 e. The van der Waals surface area contributed by atoms with Crippen molar-refractivity contribution in [2.24, 2.45) is 0 Å². The lowest BCUT2D eigenvalue weighted by Crippen LogP contribution is -2.22. The van der Waals surface area contributed by atoms with Gasteiger partial charge in [-0.15, -0.1) is 0 Å². The second-order valence-corrected chi connectivity index (χ2v) is 8.06. The Morgan fingerprint density at radius 2 is 1.66 bits per heavy atom. The number of nitrogens with zero attached hydrogens (tertiary/aromatic N) is 2. The van der Waals surface area contributed by atoms with Crippen LogP contribution in [0.2, 0.25) is 10.0 Å². The van der Waals surface area contributed by atoms with Gasteiger partial charge in [0.2, 0.25) is 0 Å². The summed E-state index contributed by atoms with van der Waals surface area (Å²) >= 11 is 13.7. The average Bonchev–Trinajstić information content (AvgIpc) is 2.74. The lowest BCUT2D eigenvalue weighted by molar-refractivity contribution is 0.344. The van der Waals surface area contributed by atoms with Crippen molar-refractivity contribution < 1.29 is 4.74 Å². The minimum Gasteiger partial charge on any atom is -0.493 e. The molecular formula is C22H16Cl2N2O2S. The molecule has 146 valence electrons. The Kier molecular flexibility index (Phi) is 6.09. The summed E-state index contributed by atoms with van der Waals surface area (Å²) in [6.45, 7) is 0.456. The summed E-state index contributed by atoms with van der Waals surface area (Å²) in [6, 6.07) is 21.8. The molecule has 0 saturated carbocycles. The van der Waals surface area contributed by atoms with Crippen molar-refractivity contribution in [2.75, 3.05) is 12.4 Å². The zero-order valence-corrected chi connectivity index (χ0v) is 17.5. The van der Waals surface area contributed by atoms with E-state index in [1.807, 2.05) is 48.5 Å². The van der Waals surface area contributed by atoms with Crippen LogP contribution in [0.5, 0.6) is 5.75 Å². The van der Waals surface area contributed by atoms with Crippen molar-refractivity contribution >= 4 is 45.9 Å². The first-order chi connectivity index (χ1) is 14.1. The van der Waals surface area contributed by atoms with Gasteiger partial charge in [-0.25, -0.2) is 4.98 Å². The van der Waals surface area contributed by atoms with Gasteiger partial charge in [-0.05, 0) is 48.5 Å². The van der Waals surface area contributed by atoms with Crippen LogP contribution in [-0.2, 0) is 0 Å². The monoisotopic (exact) mass is 442 g/mol. The molecule has 0 aliphatic heterocycles. The predicted molar refractivity (Wildman–Crippen MR) is 120 cm³/mol. The zero-order valence-electron chi connectivity index (χ0n) is 15.2. The average molecular weight is 443 g/mol. The largest absolute Gasteiger partial charge is 0.493 e. The highest BCUT2D eigenvalue weighted by molar-refractivity contribution is 7.99. The van der Waals surface area contributed by atoms with E-state index < -0.39 is 0 Å². The zero-order chi connectivity index (χ0) is 20.2. The Labute approximate surface area is 182 Å². The first kappa shape index (κ1) is 19.8. The van der Waals surface area contributed by atoms with Crippen LogP contribution >= 0.6 is 35.0 Å². The maximum absolute atomic E-state index is 13.2. The maximum atomic E-state index is 13.2. The minimum absolute atomic E-state index is 0.148. The van der Waals surface area contributed by atoms with Crippen LogP contribution in [0.3, 0.4) is 0 Å². The summed E-state index contributed by atoms with van der Waals surface area (Å²) in [5.41, 5.74) is 1.12. The molecule has 1 heterocycles. The molecule has 0 unspecified atom stereocenters. The third-order valence-electron chi connectivity index (χ3n) is 4.24. The van der Waals surface area contributed by atoms with E-state index in [1.165, 1.54) is 11.8 Å². The van der Waals surface area contributed by atoms with E-state index in [4.69, 9.17) is 32.9 Å². The van der Waals surface area contributed by atoms with E-state index in [-0.39, 0.29) is 5.56 Å². The van der Waals surface area contributed by atoms with Gasteiger partial charge in [0.05, 0.1) is 28.2 Å². The molecule has 7 heteroatoms. The Morgan fingerprint density at radius 3 is 2.45 bits per heavy atom. The highest BCUT2D eigenvalue weighted by atomic mass is 35.5. The Hall–Kier alpha value is -2.47. The van der Waals surface area contributed by atoms with Crippen LogP contribution in [0.1, 0.15) is 0 Å². The van der Waals surface area contributed by atoms with Gasteiger partial charge >= 0.3 is 0 Å². The molecule has 0 saturated heterocycles. The molecule has 0 fully saturated rings. The lowest BCUT2D eigenvalue weighted by Gasteiger charge is -2.14. The van der Waals surface area contributed by atoms with Gasteiger partial charge in [0.1, 0.15) is 5.75 Å². The molecule has 29 heavy (non-hydrogen) atoms. The molecule has 4 aromatic rings. The van der Waals surface area contributed by atoms with Gasteiger partial charge in [-0.2, -0.15) is 0 Å². The Balaban J connectivity index is 1.64. The first-order valence-electron chi connectivity index (χ1n) is 8.91. The molecule has 3 aromatic carbocycles. The van der Waals surface area contributed by atoms with E-state index in [9.17, 15) is 4.79 Å². The predicted octanol–water partition coefficient (Wildman–Crippen LogP) is 5.86. The van der Waals surface area contributed by atoms with E-state index in [0.29, 0.717) is 44.2 Å². The number of hydrogen-bond acceptors (Lipinski definition) is 4. The number of aromatic nitrogens is 2. The van der Waals surface area contributed by atoms with Gasteiger partial charge in [0.25, 0.3) is 5.56 Å². The van der Waals surface area contributed by atoms with E-state index in [2.05, 4.69) is 0 Å². The third kappa shape index (κ3) is 4.42. The molecule has 0 bridgehead atoms. The molecule has 0 aliphatic carbocycles. The molecule has 0 amide bonds. The highest BCUT2D eigenvalue weighted by Crippen LogP contribution is 2.26. The number of thioether (sulfide) groups is 1. The fourth-order valence-electron chi connectivity index (χ4n) is 2.88. The number of benzene rings is 3. The van der Waals surface area contributed by atoms with E-state index in [0.717, 1.165) is 5.75 Å². The van der Waals surface area contributed by atoms with Gasteiger partial charge < -0.3 is 4.74 Å². The molecule has 0 spiro atoms. The quantitative estimate of drug-likeness (QED) is 0.213. The number of para-hydroxylation sites is 2. The van der Waals surface area contributed by atoms with Crippen molar-refractivity contribution in [3.8, 4) is 11.4 Å². The number of rotatable bonds is 6. The van der Waals surface area contributed by atoms with Crippen LogP contribution in [0.4, 0.5) is 0 Å². The van der Waals surface area contributed by atoms with Crippen LogP contribution in [0.15, 0.2) is 82.7 Å². The van der Waals surface area contributed by atoms with Crippen molar-refractivity contribution in [2.45, 2.75) is 5.16 Å². The first-order valence-corrected chi connectivity index (χ1v) is 10.7. The summed E-state index contributed by atoms with van der Waals surface area (Å²) in [5.74, 6) is 1.35. The topological polar surface area (TPSA) is 44.1 Å². The summed E-state index contributed by atoms with van der Waals surface area (Å²) in [7, 11) is 0. The van der Waals surface area contributed by atoms with Crippen LogP contribution < -0.4 is 10.3 Å². The smallest absolute Gasteiger partial charge is 0.266 e. The second-order valence-electron chi connectivity index (χ2n) is 6.15. The molecule has 0 atom stereocenters. The molecule has 1 aromatic heterocycles. The number of hydrogen-bond donors (Lipinski definition) is 0. The third-order valence-corrected chi connectivity index (χ3v) is 5.71. The summed E-state index contributed by atoms with van der Waals surface area (Å²) < 4.78 is 7.32. The van der Waals surface area contributed by atoms with E-state index >= 15 is 0 Å². The van der Waals surface area contributed by atoms with Crippen LogP contribution in [0, 0.1) is 0 Å². The standard InChI is InChI=1S/C22H16Cl2N2O2S/c23-15-9-11-16(12-10-15)28-13-14-29-22-25-19-7-3-1-5-17(19)21(27)26(22)20-8-4-2-6-18(20)24/h1-12H,13-14H2. The van der Waals surface area contributed by atoms with E-state index in [1.54, 1.807) is 28.8 Å².